The lowest BCUT2D eigenvalue weighted by Gasteiger charge is -2.21. The minimum atomic E-state index is 0.0771. The number of aromatic nitrogens is 1. The molecule has 142 valence electrons. The van der Waals surface area contributed by atoms with E-state index in [0.717, 1.165) is 68.3 Å². The molecule has 0 spiro atoms. The van der Waals surface area contributed by atoms with Crippen molar-refractivity contribution in [1.29, 1.82) is 0 Å². The summed E-state index contributed by atoms with van der Waals surface area (Å²) in [6.07, 6.45) is 5.92. The van der Waals surface area contributed by atoms with E-state index in [-0.39, 0.29) is 11.8 Å². The SMILES string of the molecule is NCCCCCNC(=O)C1CCCOC1.O=Cc1nc2ccccc2s1. The fourth-order valence-corrected chi connectivity index (χ4v) is 3.47. The zero-order valence-electron chi connectivity index (χ0n) is 15.0. The van der Waals surface area contributed by atoms with E-state index in [1.807, 2.05) is 24.3 Å². The number of aldehydes is 1. The number of rotatable bonds is 7. The second kappa shape index (κ2) is 11.7. The number of hydrogen-bond acceptors (Lipinski definition) is 6. The van der Waals surface area contributed by atoms with Gasteiger partial charge in [0.1, 0.15) is 0 Å². The van der Waals surface area contributed by atoms with Gasteiger partial charge in [-0.3, -0.25) is 9.59 Å². The lowest BCUT2D eigenvalue weighted by molar-refractivity contribution is -0.128. The Balaban J connectivity index is 0.000000195. The largest absolute Gasteiger partial charge is 0.381 e. The molecule has 3 N–H and O–H groups in total. The van der Waals surface area contributed by atoms with Crippen molar-refractivity contribution in [2.45, 2.75) is 32.1 Å². The molecular formula is C19H27N3O3S. The van der Waals surface area contributed by atoms with Gasteiger partial charge in [0.25, 0.3) is 0 Å². The Morgan fingerprint density at radius 2 is 2.19 bits per heavy atom. The fraction of sp³-hybridized carbons (Fsp3) is 0.526. The first-order valence-corrected chi connectivity index (χ1v) is 9.92. The molecule has 2 heterocycles. The maximum Gasteiger partial charge on any atom is 0.225 e. The number of carbonyl (C=O) groups is 2. The van der Waals surface area contributed by atoms with E-state index in [1.54, 1.807) is 0 Å². The Labute approximate surface area is 158 Å². The predicted molar refractivity (Wildman–Crippen MR) is 104 cm³/mol. The average Bonchev–Trinajstić information content (AvgIpc) is 3.12. The average molecular weight is 378 g/mol. The van der Waals surface area contributed by atoms with Gasteiger partial charge in [0, 0.05) is 13.2 Å². The minimum absolute atomic E-state index is 0.0771. The molecule has 1 fully saturated rings. The number of fused-ring (bicyclic) bond motifs is 1. The Hall–Kier alpha value is -1.83. The molecule has 1 aliphatic heterocycles. The molecule has 1 saturated heterocycles. The number of benzene rings is 1. The Morgan fingerprint density at radius 1 is 1.35 bits per heavy atom. The van der Waals surface area contributed by atoms with Gasteiger partial charge >= 0.3 is 0 Å². The van der Waals surface area contributed by atoms with Crippen LogP contribution in [-0.2, 0) is 9.53 Å². The molecule has 1 aliphatic rings. The van der Waals surface area contributed by atoms with Crippen LogP contribution >= 0.6 is 11.3 Å². The van der Waals surface area contributed by atoms with Gasteiger partial charge < -0.3 is 15.8 Å². The van der Waals surface area contributed by atoms with Gasteiger partial charge in [-0.05, 0) is 44.4 Å². The Kier molecular flexibility index (Phi) is 9.23. The van der Waals surface area contributed by atoms with Crippen LogP contribution < -0.4 is 11.1 Å². The van der Waals surface area contributed by atoms with Gasteiger partial charge in [-0.25, -0.2) is 4.98 Å². The normalized spacial score (nSPS) is 16.6. The van der Waals surface area contributed by atoms with Crippen LogP contribution in [-0.4, -0.2) is 43.5 Å². The summed E-state index contributed by atoms with van der Waals surface area (Å²) in [5.41, 5.74) is 6.29. The molecule has 1 aromatic heterocycles. The van der Waals surface area contributed by atoms with Crippen LogP contribution in [0.2, 0.25) is 0 Å². The highest BCUT2D eigenvalue weighted by molar-refractivity contribution is 7.19. The highest BCUT2D eigenvalue weighted by atomic mass is 32.1. The fourth-order valence-electron chi connectivity index (χ4n) is 2.69. The third kappa shape index (κ3) is 6.82. The Bertz CT molecular complexity index is 650. The van der Waals surface area contributed by atoms with Crippen molar-refractivity contribution in [3.63, 3.8) is 0 Å². The molecule has 3 rings (SSSR count). The van der Waals surface area contributed by atoms with Gasteiger partial charge in [0.2, 0.25) is 5.91 Å². The van der Waals surface area contributed by atoms with Crippen LogP contribution in [0.3, 0.4) is 0 Å². The van der Waals surface area contributed by atoms with Crippen molar-refractivity contribution in [1.82, 2.24) is 10.3 Å². The van der Waals surface area contributed by atoms with E-state index in [1.165, 1.54) is 11.3 Å². The first-order valence-electron chi connectivity index (χ1n) is 9.11. The van der Waals surface area contributed by atoms with Crippen molar-refractivity contribution in [3.05, 3.63) is 29.3 Å². The van der Waals surface area contributed by atoms with Gasteiger partial charge in [0.05, 0.1) is 22.7 Å². The van der Waals surface area contributed by atoms with E-state index in [9.17, 15) is 9.59 Å². The van der Waals surface area contributed by atoms with E-state index in [2.05, 4.69) is 10.3 Å². The third-order valence-corrected chi connectivity index (χ3v) is 5.08. The van der Waals surface area contributed by atoms with Crippen LogP contribution in [0, 0.1) is 5.92 Å². The molecule has 6 nitrogen and oxygen atoms in total. The number of ether oxygens (including phenoxy) is 1. The van der Waals surface area contributed by atoms with Crippen molar-refractivity contribution in [3.8, 4) is 0 Å². The number of unbranched alkanes of at least 4 members (excludes halogenated alkanes) is 2. The van der Waals surface area contributed by atoms with E-state index in [4.69, 9.17) is 10.5 Å². The smallest absolute Gasteiger partial charge is 0.225 e. The maximum atomic E-state index is 11.6. The zero-order chi connectivity index (χ0) is 18.6. The maximum absolute atomic E-state index is 11.6. The quantitative estimate of drug-likeness (QED) is 0.571. The summed E-state index contributed by atoms with van der Waals surface area (Å²) in [6.45, 7) is 2.91. The van der Waals surface area contributed by atoms with Crippen LogP contribution in [0.25, 0.3) is 10.2 Å². The van der Waals surface area contributed by atoms with Gasteiger partial charge in [-0.2, -0.15) is 0 Å². The van der Waals surface area contributed by atoms with Crippen molar-refractivity contribution < 1.29 is 14.3 Å². The first-order chi connectivity index (χ1) is 12.7. The van der Waals surface area contributed by atoms with Gasteiger partial charge in [-0.1, -0.05) is 18.6 Å². The highest BCUT2D eigenvalue weighted by Gasteiger charge is 2.20. The Morgan fingerprint density at radius 3 is 2.88 bits per heavy atom. The van der Waals surface area contributed by atoms with Crippen molar-refractivity contribution >= 4 is 33.7 Å². The van der Waals surface area contributed by atoms with Crippen molar-refractivity contribution in [2.75, 3.05) is 26.3 Å². The van der Waals surface area contributed by atoms with Crippen molar-refractivity contribution in [2.24, 2.45) is 11.7 Å². The van der Waals surface area contributed by atoms with Crippen LogP contribution in [0.15, 0.2) is 24.3 Å². The molecule has 0 radical (unpaired) electrons. The van der Waals surface area contributed by atoms with Crippen LogP contribution in [0.4, 0.5) is 0 Å². The molecule has 1 amide bonds. The number of hydrogen-bond donors (Lipinski definition) is 2. The molecule has 0 saturated carbocycles. The number of nitrogens with two attached hydrogens (primary N) is 1. The van der Waals surface area contributed by atoms with E-state index < -0.39 is 0 Å². The van der Waals surface area contributed by atoms with Crippen LogP contribution in [0.1, 0.15) is 41.9 Å². The number of nitrogens with zero attached hydrogens (tertiary/aromatic N) is 1. The van der Waals surface area contributed by atoms with E-state index >= 15 is 0 Å². The summed E-state index contributed by atoms with van der Waals surface area (Å²) in [5, 5.41) is 3.50. The lowest BCUT2D eigenvalue weighted by Crippen LogP contribution is -2.36. The predicted octanol–water partition coefficient (Wildman–Crippen LogP) is 2.77. The number of para-hydroxylation sites is 1. The molecule has 1 unspecified atom stereocenters. The molecule has 2 aromatic rings. The standard InChI is InChI=1S/C11H22N2O2.C8H5NOS/c12-6-2-1-3-7-13-11(14)10-5-4-8-15-9-10;10-5-8-9-6-3-1-2-4-7(6)11-8/h10H,1-9,12H2,(H,13,14);1-5H. The van der Waals surface area contributed by atoms with Gasteiger partial charge in [0.15, 0.2) is 11.3 Å². The molecule has 0 aliphatic carbocycles. The third-order valence-electron chi connectivity index (χ3n) is 4.12. The minimum Gasteiger partial charge on any atom is -0.381 e. The first kappa shape index (κ1) is 20.5. The summed E-state index contributed by atoms with van der Waals surface area (Å²) in [4.78, 5) is 26.0. The summed E-state index contributed by atoms with van der Waals surface area (Å²) < 4.78 is 6.34. The summed E-state index contributed by atoms with van der Waals surface area (Å²) in [7, 11) is 0. The summed E-state index contributed by atoms with van der Waals surface area (Å²) >= 11 is 1.42. The lowest BCUT2D eigenvalue weighted by atomic mass is 10.0. The molecular weight excluding hydrogens is 350 g/mol. The molecule has 1 atom stereocenters. The van der Waals surface area contributed by atoms with Gasteiger partial charge in [-0.15, -0.1) is 11.3 Å². The highest BCUT2D eigenvalue weighted by Crippen LogP contribution is 2.19. The number of nitrogens with one attached hydrogen (secondary N) is 1. The zero-order valence-corrected chi connectivity index (χ0v) is 15.8. The van der Waals surface area contributed by atoms with Crippen LogP contribution in [0.5, 0.6) is 0 Å². The molecule has 26 heavy (non-hydrogen) atoms. The summed E-state index contributed by atoms with van der Waals surface area (Å²) in [6, 6.07) is 7.71. The second-order valence-corrected chi connectivity index (χ2v) is 7.25. The number of amides is 1. The van der Waals surface area contributed by atoms with E-state index in [0.29, 0.717) is 11.6 Å². The monoisotopic (exact) mass is 377 g/mol. The molecule has 7 heteroatoms. The summed E-state index contributed by atoms with van der Waals surface area (Å²) in [5.74, 6) is 0.232. The molecule has 1 aromatic carbocycles. The topological polar surface area (TPSA) is 94.3 Å². The number of thiazole rings is 1. The molecule has 0 bridgehead atoms. The number of carbonyl (C=O) groups excluding carboxylic acids is 2. The second-order valence-electron chi connectivity index (χ2n) is 6.19.